The summed E-state index contributed by atoms with van der Waals surface area (Å²) in [6.07, 6.45) is 4.29. The Balaban J connectivity index is 1.38. The Morgan fingerprint density at radius 3 is 2.81 bits per heavy atom. The number of nitrogens with zero attached hydrogens (tertiary/aromatic N) is 2. The van der Waals surface area contributed by atoms with Crippen LogP contribution in [-0.4, -0.2) is 69.0 Å². The van der Waals surface area contributed by atoms with Crippen molar-refractivity contribution in [1.29, 1.82) is 0 Å². The first-order valence-corrected chi connectivity index (χ1v) is 10.6. The van der Waals surface area contributed by atoms with E-state index in [1.54, 1.807) is 0 Å². The fourth-order valence-electron chi connectivity index (χ4n) is 4.28. The molecule has 2 N–H and O–H groups in total. The Kier molecular flexibility index (Phi) is 5.78. The molecule has 4 atom stereocenters. The van der Waals surface area contributed by atoms with E-state index < -0.39 is 0 Å². The molecule has 6 nitrogen and oxygen atoms in total. The first-order valence-electron chi connectivity index (χ1n) is 9.73. The maximum absolute atomic E-state index is 5.96. The van der Waals surface area contributed by atoms with Gasteiger partial charge < -0.3 is 20.1 Å². The van der Waals surface area contributed by atoms with Gasteiger partial charge in [0.15, 0.2) is 5.96 Å². The Hall–Kier alpha value is -1.15. The van der Waals surface area contributed by atoms with E-state index in [0.717, 1.165) is 45.2 Å². The second-order valence-electron chi connectivity index (χ2n) is 7.43. The Bertz CT molecular complexity index is 629. The van der Waals surface area contributed by atoms with Crippen molar-refractivity contribution < 1.29 is 9.47 Å². The molecule has 0 spiro atoms. The second kappa shape index (κ2) is 8.25. The van der Waals surface area contributed by atoms with Gasteiger partial charge in [0, 0.05) is 36.4 Å². The summed E-state index contributed by atoms with van der Waals surface area (Å²) in [4.78, 5) is 9.75. The van der Waals surface area contributed by atoms with Gasteiger partial charge in [0.25, 0.3) is 0 Å². The predicted octanol–water partition coefficient (Wildman–Crippen LogP) is 1.91. The van der Waals surface area contributed by atoms with Crippen molar-refractivity contribution >= 4 is 17.3 Å². The van der Waals surface area contributed by atoms with Gasteiger partial charge in [-0.2, -0.15) is 0 Å². The molecule has 3 aliphatic heterocycles. The summed E-state index contributed by atoms with van der Waals surface area (Å²) in [5.41, 5.74) is 0. The number of guanidine groups is 1. The quantitative estimate of drug-likeness (QED) is 0.606. The number of rotatable bonds is 5. The Morgan fingerprint density at radius 2 is 2.19 bits per heavy atom. The molecule has 3 aliphatic rings. The van der Waals surface area contributed by atoms with E-state index in [2.05, 4.69) is 39.6 Å². The van der Waals surface area contributed by atoms with E-state index in [1.165, 1.54) is 22.6 Å². The molecular weight excluding hydrogens is 348 g/mol. The van der Waals surface area contributed by atoms with Crippen LogP contribution in [0.3, 0.4) is 0 Å². The van der Waals surface area contributed by atoms with Crippen LogP contribution in [0.4, 0.5) is 0 Å². The number of fused-ring (bicyclic) bond motifs is 2. The number of hydrogen-bond acceptors (Lipinski definition) is 5. The van der Waals surface area contributed by atoms with Gasteiger partial charge in [-0.3, -0.25) is 9.89 Å². The number of nitrogens with one attached hydrogen (secondary N) is 2. The van der Waals surface area contributed by atoms with Crippen molar-refractivity contribution in [3.05, 3.63) is 21.9 Å². The normalized spacial score (nSPS) is 30.5. The molecule has 1 aromatic rings. The van der Waals surface area contributed by atoms with Gasteiger partial charge in [-0.15, -0.1) is 11.3 Å². The smallest absolute Gasteiger partial charge is 0.191 e. The SMILES string of the molecule is CN=C(NCC(c1ccc(C)s1)N1CCOCC1)NC1CC2CCC1O2. The molecule has 1 aromatic heterocycles. The first-order chi connectivity index (χ1) is 12.7. The zero-order valence-corrected chi connectivity index (χ0v) is 16.6. The van der Waals surface area contributed by atoms with Gasteiger partial charge in [0.1, 0.15) is 0 Å². The highest BCUT2D eigenvalue weighted by Crippen LogP contribution is 2.34. The first kappa shape index (κ1) is 18.2. The highest BCUT2D eigenvalue weighted by molar-refractivity contribution is 7.12. The van der Waals surface area contributed by atoms with Gasteiger partial charge in [-0.05, 0) is 38.3 Å². The van der Waals surface area contributed by atoms with Crippen LogP contribution in [0.5, 0.6) is 0 Å². The molecule has 7 heteroatoms. The van der Waals surface area contributed by atoms with Crippen LogP contribution in [0.1, 0.15) is 35.1 Å². The summed E-state index contributed by atoms with van der Waals surface area (Å²) >= 11 is 1.89. The Labute approximate surface area is 160 Å². The zero-order chi connectivity index (χ0) is 17.9. The number of thiophene rings is 1. The van der Waals surface area contributed by atoms with E-state index in [-0.39, 0.29) is 0 Å². The van der Waals surface area contributed by atoms with Crippen molar-refractivity contribution in [3.8, 4) is 0 Å². The fourth-order valence-corrected chi connectivity index (χ4v) is 5.30. The molecule has 4 heterocycles. The molecule has 3 fully saturated rings. The lowest BCUT2D eigenvalue weighted by molar-refractivity contribution is 0.0177. The molecule has 0 aliphatic carbocycles. The molecule has 0 amide bonds. The lowest BCUT2D eigenvalue weighted by Crippen LogP contribution is -2.50. The summed E-state index contributed by atoms with van der Waals surface area (Å²) in [7, 11) is 1.85. The van der Waals surface area contributed by atoms with E-state index in [1.807, 2.05) is 18.4 Å². The summed E-state index contributed by atoms with van der Waals surface area (Å²) in [6.45, 7) is 6.62. The standard InChI is InChI=1S/C19H30N4O2S/c1-13-3-6-18(26-13)16(23-7-9-24-10-8-23)12-21-19(20-2)22-15-11-14-4-5-17(15)25-14/h3,6,14-17H,4-5,7-12H2,1-2H3,(H2,20,21,22). The molecular formula is C19H30N4O2S. The summed E-state index contributed by atoms with van der Waals surface area (Å²) in [6, 6.07) is 5.23. The van der Waals surface area contributed by atoms with E-state index in [4.69, 9.17) is 9.47 Å². The van der Waals surface area contributed by atoms with Gasteiger partial charge in [-0.25, -0.2) is 0 Å². The molecule has 26 heavy (non-hydrogen) atoms. The van der Waals surface area contributed by atoms with Crippen LogP contribution < -0.4 is 10.6 Å². The van der Waals surface area contributed by atoms with Crippen LogP contribution >= 0.6 is 11.3 Å². The molecule has 2 bridgehead atoms. The maximum Gasteiger partial charge on any atom is 0.191 e. The number of ether oxygens (including phenoxy) is 2. The van der Waals surface area contributed by atoms with Crippen molar-refractivity contribution in [2.45, 2.75) is 50.5 Å². The Morgan fingerprint density at radius 1 is 1.35 bits per heavy atom. The van der Waals surface area contributed by atoms with Crippen LogP contribution in [0.25, 0.3) is 0 Å². The third kappa shape index (κ3) is 4.06. The van der Waals surface area contributed by atoms with Crippen molar-refractivity contribution in [2.75, 3.05) is 39.9 Å². The lowest BCUT2D eigenvalue weighted by atomic mass is 9.96. The minimum absolute atomic E-state index is 0.354. The van der Waals surface area contributed by atoms with Gasteiger partial charge in [-0.1, -0.05) is 0 Å². The fraction of sp³-hybridized carbons (Fsp3) is 0.737. The average molecular weight is 379 g/mol. The van der Waals surface area contributed by atoms with Crippen LogP contribution in [-0.2, 0) is 9.47 Å². The lowest BCUT2D eigenvalue weighted by Gasteiger charge is -2.34. The molecule has 4 unspecified atom stereocenters. The van der Waals surface area contributed by atoms with Crippen LogP contribution in [0.15, 0.2) is 17.1 Å². The monoisotopic (exact) mass is 378 g/mol. The third-order valence-electron chi connectivity index (χ3n) is 5.69. The van der Waals surface area contributed by atoms with E-state index >= 15 is 0 Å². The van der Waals surface area contributed by atoms with Crippen molar-refractivity contribution in [3.63, 3.8) is 0 Å². The summed E-state index contributed by atoms with van der Waals surface area (Å²) < 4.78 is 11.5. The van der Waals surface area contributed by atoms with E-state index in [0.29, 0.717) is 24.3 Å². The number of hydrogen-bond donors (Lipinski definition) is 2. The number of morpholine rings is 1. The predicted molar refractivity (Wildman–Crippen MR) is 105 cm³/mol. The average Bonchev–Trinajstić information content (AvgIpc) is 3.39. The van der Waals surface area contributed by atoms with Crippen LogP contribution in [0, 0.1) is 6.92 Å². The van der Waals surface area contributed by atoms with Crippen LogP contribution in [0.2, 0.25) is 0 Å². The molecule has 3 saturated heterocycles. The van der Waals surface area contributed by atoms with E-state index in [9.17, 15) is 0 Å². The zero-order valence-electron chi connectivity index (χ0n) is 15.7. The third-order valence-corrected chi connectivity index (χ3v) is 6.79. The van der Waals surface area contributed by atoms with Crippen molar-refractivity contribution in [1.82, 2.24) is 15.5 Å². The van der Waals surface area contributed by atoms with Gasteiger partial charge in [0.05, 0.1) is 37.5 Å². The second-order valence-corrected chi connectivity index (χ2v) is 8.75. The molecule has 144 valence electrons. The number of aryl methyl sites for hydroxylation is 1. The number of aliphatic imine (C=N–C) groups is 1. The minimum Gasteiger partial charge on any atom is -0.379 e. The topological polar surface area (TPSA) is 58.1 Å². The summed E-state index contributed by atoms with van der Waals surface area (Å²) in [5, 5.41) is 7.15. The molecule has 0 radical (unpaired) electrons. The maximum atomic E-state index is 5.96. The van der Waals surface area contributed by atoms with Gasteiger partial charge >= 0.3 is 0 Å². The van der Waals surface area contributed by atoms with Gasteiger partial charge in [0.2, 0.25) is 0 Å². The highest BCUT2D eigenvalue weighted by Gasteiger charge is 2.41. The largest absolute Gasteiger partial charge is 0.379 e. The highest BCUT2D eigenvalue weighted by atomic mass is 32.1. The molecule has 0 aromatic carbocycles. The molecule has 0 saturated carbocycles. The molecule has 4 rings (SSSR count). The minimum atomic E-state index is 0.354. The summed E-state index contributed by atoms with van der Waals surface area (Å²) in [5.74, 6) is 0.887. The van der Waals surface area contributed by atoms with Crippen molar-refractivity contribution in [2.24, 2.45) is 4.99 Å².